The molecule has 39 heavy (non-hydrogen) atoms. The van der Waals surface area contributed by atoms with E-state index in [4.69, 9.17) is 18.9 Å². The quantitative estimate of drug-likeness (QED) is 0.117. The molecule has 2 aromatic carbocycles. The Labute approximate surface area is 230 Å². The summed E-state index contributed by atoms with van der Waals surface area (Å²) in [6.45, 7) is 8.57. The lowest BCUT2D eigenvalue weighted by Gasteiger charge is -2.12. The topological polar surface area (TPSA) is 108 Å². The van der Waals surface area contributed by atoms with E-state index in [1.54, 1.807) is 18.2 Å². The molecule has 0 aliphatic heterocycles. The van der Waals surface area contributed by atoms with E-state index in [1.807, 2.05) is 24.3 Å². The van der Waals surface area contributed by atoms with E-state index < -0.39 is 17.9 Å². The maximum Gasteiger partial charge on any atom is 0.336 e. The molecule has 0 heterocycles. The molecule has 1 N–H and O–H groups in total. The molecule has 0 radical (unpaired) electrons. The number of unbranched alkanes of at least 4 members (excludes halogenated alkanes) is 6. The summed E-state index contributed by atoms with van der Waals surface area (Å²) in [5.74, 6) is -0.495. The maximum atomic E-state index is 11.8. The lowest BCUT2D eigenvalue weighted by atomic mass is 9.99. The van der Waals surface area contributed by atoms with E-state index in [0.717, 1.165) is 69.1 Å². The van der Waals surface area contributed by atoms with Crippen LogP contribution in [0.3, 0.4) is 0 Å². The molecule has 2 rings (SSSR count). The highest BCUT2D eigenvalue weighted by Crippen LogP contribution is 2.30. The van der Waals surface area contributed by atoms with Crippen molar-refractivity contribution in [3.8, 4) is 22.6 Å². The Morgan fingerprint density at radius 1 is 0.641 bits per heavy atom. The van der Waals surface area contributed by atoms with Crippen molar-refractivity contribution >= 4 is 17.9 Å². The number of carbonyl (C=O) groups excluding carboxylic acids is 2. The lowest BCUT2D eigenvalue weighted by Crippen LogP contribution is -2.03. The summed E-state index contributed by atoms with van der Waals surface area (Å²) in [4.78, 5) is 33.8. The van der Waals surface area contributed by atoms with Gasteiger partial charge in [0.2, 0.25) is 0 Å². The van der Waals surface area contributed by atoms with Crippen LogP contribution < -0.4 is 9.47 Å². The fraction of sp³-hybridized carbons (Fsp3) is 0.387. The molecule has 8 nitrogen and oxygen atoms in total. The van der Waals surface area contributed by atoms with E-state index in [9.17, 15) is 19.5 Å². The third-order valence-electron chi connectivity index (χ3n) is 5.82. The number of carbonyl (C=O) groups is 3. The minimum atomic E-state index is -1.01. The molecule has 0 aliphatic carbocycles. The molecule has 0 fully saturated rings. The van der Waals surface area contributed by atoms with Crippen LogP contribution in [0.5, 0.6) is 11.5 Å². The molecule has 210 valence electrons. The zero-order chi connectivity index (χ0) is 28.3. The van der Waals surface area contributed by atoms with Crippen molar-refractivity contribution in [1.82, 2.24) is 0 Å². The van der Waals surface area contributed by atoms with Gasteiger partial charge in [0.15, 0.2) is 0 Å². The molecule has 8 heteroatoms. The van der Waals surface area contributed by atoms with Gasteiger partial charge in [-0.3, -0.25) is 0 Å². The van der Waals surface area contributed by atoms with Gasteiger partial charge < -0.3 is 24.1 Å². The monoisotopic (exact) mass is 538 g/mol. The van der Waals surface area contributed by atoms with Gasteiger partial charge in [0.25, 0.3) is 0 Å². The van der Waals surface area contributed by atoms with Gasteiger partial charge >= 0.3 is 17.9 Å². The summed E-state index contributed by atoms with van der Waals surface area (Å²) in [6, 6.07) is 12.3. The summed E-state index contributed by atoms with van der Waals surface area (Å²) in [5, 5.41) is 9.67. The molecule has 0 saturated carbocycles. The number of hydrogen-bond acceptors (Lipinski definition) is 7. The van der Waals surface area contributed by atoms with Crippen LogP contribution >= 0.6 is 0 Å². The zero-order valence-corrected chi connectivity index (χ0v) is 22.4. The Morgan fingerprint density at radius 3 is 1.59 bits per heavy atom. The molecule has 0 unspecified atom stereocenters. The zero-order valence-electron chi connectivity index (χ0n) is 22.4. The third-order valence-corrected chi connectivity index (χ3v) is 5.82. The van der Waals surface area contributed by atoms with Crippen molar-refractivity contribution in [1.29, 1.82) is 0 Å². The van der Waals surface area contributed by atoms with Crippen molar-refractivity contribution in [3.63, 3.8) is 0 Å². The van der Waals surface area contributed by atoms with Crippen molar-refractivity contribution in [3.05, 3.63) is 73.3 Å². The normalized spacial score (nSPS) is 10.4. The number of ether oxygens (including phenoxy) is 4. The second-order valence-electron chi connectivity index (χ2n) is 8.81. The van der Waals surface area contributed by atoms with Crippen LogP contribution in [0, 0.1) is 0 Å². The van der Waals surface area contributed by atoms with E-state index in [0.29, 0.717) is 43.5 Å². The highest BCUT2D eigenvalue weighted by atomic mass is 16.5. The molecule has 2 aromatic rings. The van der Waals surface area contributed by atoms with Crippen LogP contribution in [0.25, 0.3) is 11.1 Å². The minimum Gasteiger partial charge on any atom is -0.494 e. The fourth-order valence-corrected chi connectivity index (χ4v) is 3.73. The molecule has 0 bridgehead atoms. The number of hydrogen-bond donors (Lipinski definition) is 1. The SMILES string of the molecule is C=CC(=O)OCCCCCCOc1ccc(-c2cc(OCCCCCCOC(=O)C=C)ccc2C(=O)O)cc1. The van der Waals surface area contributed by atoms with E-state index in [-0.39, 0.29) is 5.56 Å². The number of carboxylic acids is 1. The highest BCUT2D eigenvalue weighted by molar-refractivity contribution is 5.96. The molecule has 0 atom stereocenters. The summed E-state index contributed by atoms with van der Waals surface area (Å²) >= 11 is 0. The number of carboxylic acid groups (broad SMARTS) is 1. The minimum absolute atomic E-state index is 0.198. The van der Waals surface area contributed by atoms with Gasteiger partial charge in [0.05, 0.1) is 32.0 Å². The molecule has 0 aliphatic rings. The third kappa shape index (κ3) is 12.3. The first-order valence-electron chi connectivity index (χ1n) is 13.3. The van der Waals surface area contributed by atoms with Crippen LogP contribution in [-0.4, -0.2) is 49.4 Å². The van der Waals surface area contributed by atoms with Gasteiger partial charge in [0.1, 0.15) is 11.5 Å². The Balaban J connectivity index is 1.78. The van der Waals surface area contributed by atoms with Crippen LogP contribution in [0.4, 0.5) is 0 Å². The Bertz CT molecular complexity index is 1070. The summed E-state index contributed by atoms with van der Waals surface area (Å²) in [7, 11) is 0. The number of esters is 2. The number of aromatic carboxylic acids is 1. The first-order chi connectivity index (χ1) is 18.9. The van der Waals surface area contributed by atoms with Gasteiger partial charge in [-0.25, -0.2) is 14.4 Å². The van der Waals surface area contributed by atoms with Crippen molar-refractivity contribution in [2.45, 2.75) is 51.4 Å². The molecular formula is C31H38O8. The smallest absolute Gasteiger partial charge is 0.336 e. The second-order valence-corrected chi connectivity index (χ2v) is 8.81. The van der Waals surface area contributed by atoms with Crippen LogP contribution in [-0.2, 0) is 19.1 Å². The standard InChI is InChI=1S/C31H38O8/c1-3-29(32)38-21-11-7-5-9-19-36-25-15-13-24(14-16-25)28-23-26(17-18-27(28)31(34)35)37-20-10-6-8-12-22-39-30(33)4-2/h3-4,13-18,23H,1-2,5-12,19-22H2,(H,34,35). The second kappa shape index (κ2) is 18.2. The largest absolute Gasteiger partial charge is 0.494 e. The molecule has 0 amide bonds. The van der Waals surface area contributed by atoms with Gasteiger partial charge in [0, 0.05) is 12.2 Å². The summed E-state index contributed by atoms with van der Waals surface area (Å²) in [6.07, 6.45) is 9.36. The average Bonchev–Trinajstić information content (AvgIpc) is 2.95. The number of rotatable bonds is 20. The first kappa shape index (κ1) is 31.1. The predicted octanol–water partition coefficient (Wildman–Crippen LogP) is 6.39. The molecule has 0 saturated heterocycles. The van der Waals surface area contributed by atoms with E-state index in [2.05, 4.69) is 13.2 Å². The van der Waals surface area contributed by atoms with E-state index >= 15 is 0 Å². The van der Waals surface area contributed by atoms with E-state index in [1.165, 1.54) is 0 Å². The van der Waals surface area contributed by atoms with Crippen molar-refractivity contribution < 1.29 is 38.4 Å². The Hall–Kier alpha value is -4.07. The van der Waals surface area contributed by atoms with Gasteiger partial charge in [-0.1, -0.05) is 25.3 Å². The van der Waals surface area contributed by atoms with Gasteiger partial charge in [-0.2, -0.15) is 0 Å². The molecule has 0 aromatic heterocycles. The van der Waals surface area contributed by atoms with Crippen molar-refractivity contribution in [2.24, 2.45) is 0 Å². The van der Waals surface area contributed by atoms with Gasteiger partial charge in [-0.15, -0.1) is 0 Å². The van der Waals surface area contributed by atoms with Gasteiger partial charge in [-0.05, 0) is 92.8 Å². The Kier molecular flexibility index (Phi) is 14.6. The summed E-state index contributed by atoms with van der Waals surface area (Å²) < 4.78 is 21.6. The van der Waals surface area contributed by atoms with Crippen LogP contribution in [0.1, 0.15) is 61.7 Å². The van der Waals surface area contributed by atoms with Crippen LogP contribution in [0.2, 0.25) is 0 Å². The highest BCUT2D eigenvalue weighted by Gasteiger charge is 2.13. The first-order valence-corrected chi connectivity index (χ1v) is 13.3. The van der Waals surface area contributed by atoms with Crippen LogP contribution in [0.15, 0.2) is 67.8 Å². The molecule has 0 spiro atoms. The molecular weight excluding hydrogens is 500 g/mol. The fourth-order valence-electron chi connectivity index (χ4n) is 3.73. The number of benzene rings is 2. The average molecular weight is 539 g/mol. The Morgan fingerprint density at radius 2 is 1.10 bits per heavy atom. The predicted molar refractivity (Wildman–Crippen MR) is 149 cm³/mol. The van der Waals surface area contributed by atoms with Crippen molar-refractivity contribution in [2.75, 3.05) is 26.4 Å². The maximum absolute atomic E-state index is 11.8. The summed E-state index contributed by atoms with van der Waals surface area (Å²) in [5.41, 5.74) is 1.53. The lowest BCUT2D eigenvalue weighted by molar-refractivity contribution is -0.138.